The zero-order valence-electron chi connectivity index (χ0n) is 64.5. The standard InChI is InChI=1S/16C4H9O.4Zr/c16*1-4(2,3)5;;;;/h16*1-3H3;;;;/q16*-1;4*+4. The predicted octanol–water partition coefficient (Wildman–Crippen LogP) is 2.31. The molecule has 0 N–H and O–H groups in total. The monoisotopic (exact) mass is 1530 g/mol. The van der Waals surface area contributed by atoms with Gasteiger partial charge in [-0.3, -0.25) is 0 Å². The summed E-state index contributed by atoms with van der Waals surface area (Å²) in [6, 6.07) is 0. The number of rotatable bonds is 0. The summed E-state index contributed by atoms with van der Waals surface area (Å²) in [6.07, 6.45) is 0. The van der Waals surface area contributed by atoms with E-state index in [1.165, 1.54) is 0 Å². The smallest absolute Gasteiger partial charge is 0.850 e. The molecule has 84 heavy (non-hydrogen) atoms. The van der Waals surface area contributed by atoms with Gasteiger partial charge in [-0.2, -0.15) is 0 Å². The maximum Gasteiger partial charge on any atom is 4.00 e. The van der Waals surface area contributed by atoms with Crippen molar-refractivity contribution in [2.45, 2.75) is 422 Å². The molecule has 0 spiro atoms. The number of hydrogen-bond donors (Lipinski definition) is 0. The third-order valence-corrected chi connectivity index (χ3v) is 0. The van der Waals surface area contributed by atoms with E-state index in [1.807, 2.05) is 0 Å². The zero-order chi connectivity index (χ0) is 72.0. The second kappa shape index (κ2) is 63.3. The second-order valence-electron chi connectivity index (χ2n) is 33.8. The van der Waals surface area contributed by atoms with Crippen molar-refractivity contribution in [2.75, 3.05) is 0 Å². The van der Waals surface area contributed by atoms with E-state index in [0.717, 1.165) is 0 Å². The summed E-state index contributed by atoms with van der Waals surface area (Å²) in [5.74, 6) is 0. The molecule has 0 bridgehead atoms. The van der Waals surface area contributed by atoms with Crippen molar-refractivity contribution < 1.29 is 187 Å². The van der Waals surface area contributed by atoms with E-state index in [-0.39, 0.29) is 105 Å². The molecule has 0 rings (SSSR count). The zero-order valence-corrected chi connectivity index (χ0v) is 74.4. The maximum atomic E-state index is 10.1. The van der Waals surface area contributed by atoms with Gasteiger partial charge in [0.2, 0.25) is 0 Å². The SMILES string of the molecule is CC(C)(C)[O-].CC(C)(C)[O-].CC(C)(C)[O-].CC(C)(C)[O-].CC(C)(C)[O-].CC(C)(C)[O-].CC(C)(C)[O-].CC(C)(C)[O-].CC(C)(C)[O-].CC(C)(C)[O-].CC(C)(C)[O-].CC(C)(C)[O-].CC(C)(C)[O-].CC(C)(C)[O-].CC(C)(C)[O-].CC(C)(C)[O-].[Zr+4].[Zr+4].[Zr+4].[Zr+4]. The molecule has 0 saturated heterocycles. The van der Waals surface area contributed by atoms with Gasteiger partial charge in [-0.05, 0) is 0 Å². The summed E-state index contributed by atoms with van der Waals surface area (Å²) >= 11 is 0. The van der Waals surface area contributed by atoms with E-state index in [9.17, 15) is 81.7 Å². The van der Waals surface area contributed by atoms with Crippen LogP contribution in [0.2, 0.25) is 0 Å². The molecule has 512 valence electrons. The Bertz CT molecular complexity index is 713. The fraction of sp³-hybridized carbons (Fsp3) is 1.00. The minimum atomic E-state index is -0.750. The summed E-state index contributed by atoms with van der Waals surface area (Å²) < 4.78 is 0. The molecule has 0 radical (unpaired) electrons. The van der Waals surface area contributed by atoms with Crippen LogP contribution in [-0.4, -0.2) is 89.6 Å². The Morgan fingerprint density at radius 3 is 0.0833 bits per heavy atom. The minimum absolute atomic E-state index is 0. The van der Waals surface area contributed by atoms with Crippen LogP contribution in [-0.2, 0) is 105 Å². The Labute approximate surface area is 603 Å². The van der Waals surface area contributed by atoms with E-state index in [1.54, 1.807) is 332 Å². The largest absolute Gasteiger partial charge is 4.00 e. The maximum absolute atomic E-state index is 10.1. The summed E-state index contributed by atoms with van der Waals surface area (Å²) in [6.45, 7) is 78.3. The molecule has 0 unspecified atom stereocenters. The average Bonchev–Trinajstić information content (AvgIpc) is 2.70. The third kappa shape index (κ3) is 71400. The molecular weight excluding hydrogens is 1390 g/mol. The van der Waals surface area contributed by atoms with Crippen LogP contribution < -0.4 is 81.7 Å². The van der Waals surface area contributed by atoms with Crippen molar-refractivity contribution >= 4 is 0 Å². The van der Waals surface area contributed by atoms with E-state index >= 15 is 0 Å². The van der Waals surface area contributed by atoms with Crippen LogP contribution in [0.5, 0.6) is 0 Å². The van der Waals surface area contributed by atoms with Crippen molar-refractivity contribution in [1.29, 1.82) is 0 Å². The van der Waals surface area contributed by atoms with Crippen LogP contribution in [0.4, 0.5) is 0 Å². The molecule has 0 aromatic carbocycles. The molecule has 20 heteroatoms. The first kappa shape index (κ1) is 143. The summed E-state index contributed by atoms with van der Waals surface area (Å²) in [5.41, 5.74) is -12.0. The van der Waals surface area contributed by atoms with Gasteiger partial charge in [0.15, 0.2) is 0 Å². The normalized spacial score (nSPS) is 11.4. The Balaban J connectivity index is -0.0000000288. The molecule has 0 saturated carbocycles. The molecule has 0 aliphatic rings. The Hall–Kier alpha value is 2.89. The summed E-state index contributed by atoms with van der Waals surface area (Å²) in [4.78, 5) is 0. The van der Waals surface area contributed by atoms with Gasteiger partial charge in [0.05, 0.1) is 0 Å². The van der Waals surface area contributed by atoms with E-state index in [4.69, 9.17) is 0 Å². The minimum Gasteiger partial charge on any atom is -0.850 e. The fourth-order valence-corrected chi connectivity index (χ4v) is 0. The second-order valence-corrected chi connectivity index (χ2v) is 33.8. The fourth-order valence-electron chi connectivity index (χ4n) is 0. The van der Waals surface area contributed by atoms with Gasteiger partial charge >= 0.3 is 105 Å². The van der Waals surface area contributed by atoms with Gasteiger partial charge in [0, 0.05) is 0 Å². The molecule has 0 amide bonds. The van der Waals surface area contributed by atoms with Gasteiger partial charge in [0.25, 0.3) is 0 Å². The first-order chi connectivity index (χ1) is 32.0. The predicted molar refractivity (Wildman–Crippen MR) is 316 cm³/mol. The molecule has 0 aliphatic heterocycles. The first-order valence-electron chi connectivity index (χ1n) is 27.3. The Morgan fingerprint density at radius 2 is 0.0833 bits per heavy atom. The van der Waals surface area contributed by atoms with Crippen molar-refractivity contribution in [2.24, 2.45) is 0 Å². The molecule has 0 fully saturated rings. The Kier molecular flexibility index (Phi) is 108. The van der Waals surface area contributed by atoms with Crippen LogP contribution in [0.1, 0.15) is 332 Å². The quantitative estimate of drug-likeness (QED) is 0.336. The molecular formula is C64H144O16Zr4. The van der Waals surface area contributed by atoms with Crippen molar-refractivity contribution in [3.8, 4) is 0 Å². The van der Waals surface area contributed by atoms with Crippen molar-refractivity contribution in [3.05, 3.63) is 0 Å². The van der Waals surface area contributed by atoms with Gasteiger partial charge in [0.1, 0.15) is 0 Å². The van der Waals surface area contributed by atoms with Crippen LogP contribution in [0.25, 0.3) is 0 Å². The topological polar surface area (TPSA) is 369 Å². The number of hydrogen-bond acceptors (Lipinski definition) is 16. The summed E-state index contributed by atoms with van der Waals surface area (Å²) in [7, 11) is 0. The van der Waals surface area contributed by atoms with E-state index < -0.39 is 89.6 Å². The Morgan fingerprint density at radius 1 is 0.0833 bits per heavy atom. The molecule has 0 aromatic heterocycles. The van der Waals surface area contributed by atoms with Crippen molar-refractivity contribution in [1.82, 2.24) is 0 Å². The molecule has 0 atom stereocenters. The third-order valence-electron chi connectivity index (χ3n) is 0. The van der Waals surface area contributed by atoms with Gasteiger partial charge in [-0.1, -0.05) is 332 Å². The van der Waals surface area contributed by atoms with Crippen LogP contribution >= 0.6 is 0 Å². The molecule has 0 heterocycles. The molecule has 16 nitrogen and oxygen atoms in total. The van der Waals surface area contributed by atoms with Crippen LogP contribution in [0, 0.1) is 0 Å². The van der Waals surface area contributed by atoms with E-state index in [2.05, 4.69) is 0 Å². The average molecular weight is 1530 g/mol. The molecule has 0 aliphatic carbocycles. The van der Waals surface area contributed by atoms with Gasteiger partial charge in [-0.25, -0.2) is 0 Å². The van der Waals surface area contributed by atoms with Crippen LogP contribution in [0.3, 0.4) is 0 Å². The first-order valence-corrected chi connectivity index (χ1v) is 27.3. The molecule has 0 aromatic rings. The van der Waals surface area contributed by atoms with Crippen LogP contribution in [0.15, 0.2) is 0 Å². The van der Waals surface area contributed by atoms with Gasteiger partial charge < -0.3 is 81.7 Å². The van der Waals surface area contributed by atoms with Gasteiger partial charge in [-0.15, -0.1) is 89.6 Å². The van der Waals surface area contributed by atoms with E-state index in [0.29, 0.717) is 0 Å². The summed E-state index contributed by atoms with van der Waals surface area (Å²) in [5, 5.41) is 162. The van der Waals surface area contributed by atoms with Crippen molar-refractivity contribution in [3.63, 3.8) is 0 Å².